The number of hydrogen-bond acceptors (Lipinski definition) is 3. The first-order valence-electron chi connectivity index (χ1n) is 6.79. The van der Waals surface area contributed by atoms with Crippen LogP contribution in [0.15, 0.2) is 12.3 Å². The number of hydrogen-bond donors (Lipinski definition) is 2. The predicted molar refractivity (Wildman–Crippen MR) is 70.8 cm³/mol. The zero-order chi connectivity index (χ0) is 12.8. The Hall–Kier alpha value is -1.52. The molecule has 18 heavy (non-hydrogen) atoms. The number of nitrogens with two attached hydrogens (primary N) is 1. The van der Waals surface area contributed by atoms with E-state index in [1.807, 2.05) is 0 Å². The van der Waals surface area contributed by atoms with Crippen LogP contribution in [0, 0.1) is 5.92 Å². The lowest BCUT2D eigenvalue weighted by atomic mass is 9.87. The molecule has 5 nitrogen and oxygen atoms in total. The molecule has 0 aliphatic heterocycles. The third-order valence-corrected chi connectivity index (χ3v) is 3.57. The molecule has 1 aromatic rings. The van der Waals surface area contributed by atoms with Crippen LogP contribution in [-0.4, -0.2) is 22.2 Å². The van der Waals surface area contributed by atoms with Crippen molar-refractivity contribution < 1.29 is 4.79 Å². The number of amides is 1. The first-order chi connectivity index (χ1) is 8.74. The molecule has 0 atom stereocenters. The van der Waals surface area contributed by atoms with Crippen LogP contribution >= 0.6 is 0 Å². The minimum atomic E-state index is 0.00825. The zero-order valence-corrected chi connectivity index (χ0v) is 10.8. The van der Waals surface area contributed by atoms with Crippen molar-refractivity contribution in [2.75, 3.05) is 12.3 Å². The third kappa shape index (κ3) is 4.05. The highest BCUT2D eigenvalue weighted by Gasteiger charge is 2.13. The molecule has 1 aliphatic carbocycles. The molecular weight excluding hydrogens is 228 g/mol. The molecule has 1 aromatic heterocycles. The first kappa shape index (κ1) is 12.9. The number of rotatable bonds is 5. The summed E-state index contributed by atoms with van der Waals surface area (Å²) in [6.07, 6.45) is 9.56. The monoisotopic (exact) mass is 250 g/mol. The summed E-state index contributed by atoms with van der Waals surface area (Å²) in [6, 6.07) is 1.69. The van der Waals surface area contributed by atoms with Crippen LogP contribution < -0.4 is 11.1 Å². The first-order valence-corrected chi connectivity index (χ1v) is 6.79. The quantitative estimate of drug-likeness (QED) is 0.832. The second-order valence-electron chi connectivity index (χ2n) is 5.08. The van der Waals surface area contributed by atoms with Gasteiger partial charge in [-0.3, -0.25) is 9.48 Å². The van der Waals surface area contributed by atoms with Gasteiger partial charge in [-0.2, -0.15) is 5.10 Å². The van der Waals surface area contributed by atoms with Gasteiger partial charge in [0.2, 0.25) is 5.91 Å². The normalized spacial score (nSPS) is 16.7. The van der Waals surface area contributed by atoms with Crippen LogP contribution in [-0.2, 0) is 11.3 Å². The second-order valence-corrected chi connectivity index (χ2v) is 5.08. The molecule has 1 fully saturated rings. The summed E-state index contributed by atoms with van der Waals surface area (Å²) in [5, 5.41) is 6.93. The van der Waals surface area contributed by atoms with Crippen molar-refractivity contribution in [2.24, 2.45) is 5.92 Å². The van der Waals surface area contributed by atoms with Crippen LogP contribution in [0.1, 0.15) is 38.5 Å². The fraction of sp³-hybridized carbons (Fsp3) is 0.692. The molecule has 0 bridgehead atoms. The number of anilines is 1. The van der Waals surface area contributed by atoms with E-state index in [9.17, 15) is 4.79 Å². The van der Waals surface area contributed by atoms with E-state index in [4.69, 9.17) is 5.73 Å². The van der Waals surface area contributed by atoms with Crippen molar-refractivity contribution in [1.82, 2.24) is 15.1 Å². The summed E-state index contributed by atoms with van der Waals surface area (Å²) >= 11 is 0. The maximum Gasteiger partial charge on any atom is 0.241 e. The number of carbonyl (C=O) groups is 1. The zero-order valence-electron chi connectivity index (χ0n) is 10.8. The molecule has 3 N–H and O–H groups in total. The summed E-state index contributed by atoms with van der Waals surface area (Å²) in [5.41, 5.74) is 5.49. The molecule has 0 aromatic carbocycles. The molecule has 0 spiro atoms. The number of nitrogens with one attached hydrogen (secondary N) is 1. The van der Waals surface area contributed by atoms with Crippen molar-refractivity contribution in [1.29, 1.82) is 0 Å². The van der Waals surface area contributed by atoms with E-state index in [1.165, 1.54) is 32.1 Å². The molecular formula is C13H22N4O. The molecule has 100 valence electrons. The van der Waals surface area contributed by atoms with Gasteiger partial charge in [0.25, 0.3) is 0 Å². The van der Waals surface area contributed by atoms with E-state index in [1.54, 1.807) is 16.9 Å². The Morgan fingerprint density at radius 2 is 2.22 bits per heavy atom. The molecule has 0 unspecified atom stereocenters. The van der Waals surface area contributed by atoms with Gasteiger partial charge >= 0.3 is 0 Å². The lowest BCUT2D eigenvalue weighted by Gasteiger charge is -2.21. The van der Waals surface area contributed by atoms with Gasteiger partial charge in [-0.15, -0.1) is 0 Å². The highest BCUT2D eigenvalue weighted by atomic mass is 16.2. The Kier molecular flexibility index (Phi) is 4.61. The summed E-state index contributed by atoms with van der Waals surface area (Å²) in [4.78, 5) is 11.7. The van der Waals surface area contributed by atoms with Crippen molar-refractivity contribution >= 4 is 11.7 Å². The lowest BCUT2D eigenvalue weighted by molar-refractivity contribution is -0.121. The summed E-state index contributed by atoms with van der Waals surface area (Å²) in [5.74, 6) is 1.26. The van der Waals surface area contributed by atoms with Crippen molar-refractivity contribution in [3.05, 3.63) is 12.3 Å². The fourth-order valence-corrected chi connectivity index (χ4v) is 2.56. The van der Waals surface area contributed by atoms with E-state index < -0.39 is 0 Å². The van der Waals surface area contributed by atoms with Gasteiger partial charge in [0, 0.05) is 12.7 Å². The number of nitrogens with zero attached hydrogens (tertiary/aromatic N) is 2. The molecule has 2 rings (SSSR count). The Labute approximate surface area is 108 Å². The van der Waals surface area contributed by atoms with Gasteiger partial charge in [-0.25, -0.2) is 0 Å². The van der Waals surface area contributed by atoms with Gasteiger partial charge in [0.05, 0.1) is 0 Å². The molecule has 1 amide bonds. The number of aromatic nitrogens is 2. The predicted octanol–water partition coefficient (Wildman–Crippen LogP) is 1.55. The minimum Gasteiger partial charge on any atom is -0.382 e. The molecule has 1 heterocycles. The number of nitrogen functional groups attached to an aromatic ring is 1. The Bertz CT molecular complexity index is 382. The van der Waals surface area contributed by atoms with E-state index >= 15 is 0 Å². The van der Waals surface area contributed by atoms with Gasteiger partial charge in [-0.1, -0.05) is 32.1 Å². The number of carbonyl (C=O) groups excluding carboxylic acids is 1. The largest absolute Gasteiger partial charge is 0.382 e. The van der Waals surface area contributed by atoms with Gasteiger partial charge in [0.1, 0.15) is 12.4 Å². The van der Waals surface area contributed by atoms with Crippen LogP contribution in [0.2, 0.25) is 0 Å². The summed E-state index contributed by atoms with van der Waals surface area (Å²) in [7, 11) is 0. The average molecular weight is 250 g/mol. The third-order valence-electron chi connectivity index (χ3n) is 3.57. The Balaban J connectivity index is 1.62. The Morgan fingerprint density at radius 1 is 1.44 bits per heavy atom. The summed E-state index contributed by atoms with van der Waals surface area (Å²) < 4.78 is 1.56. The average Bonchev–Trinajstić information content (AvgIpc) is 2.76. The van der Waals surface area contributed by atoms with Crippen LogP contribution in [0.3, 0.4) is 0 Å². The van der Waals surface area contributed by atoms with E-state index in [2.05, 4.69) is 10.4 Å². The molecule has 1 saturated carbocycles. The fourth-order valence-electron chi connectivity index (χ4n) is 2.56. The van der Waals surface area contributed by atoms with Crippen molar-refractivity contribution in [3.63, 3.8) is 0 Å². The lowest BCUT2D eigenvalue weighted by Crippen LogP contribution is -2.30. The highest BCUT2D eigenvalue weighted by molar-refractivity contribution is 5.75. The van der Waals surface area contributed by atoms with E-state index in [0.29, 0.717) is 5.82 Å². The minimum absolute atomic E-state index is 0.00825. The van der Waals surface area contributed by atoms with Gasteiger partial charge in [-0.05, 0) is 18.4 Å². The maximum atomic E-state index is 11.7. The van der Waals surface area contributed by atoms with Crippen LogP contribution in [0.4, 0.5) is 5.82 Å². The highest BCUT2D eigenvalue weighted by Crippen LogP contribution is 2.25. The Morgan fingerprint density at radius 3 is 2.89 bits per heavy atom. The standard InChI is InChI=1S/C13H22N4O/c14-12-7-9-17(16-12)10-13(18)15-8-6-11-4-2-1-3-5-11/h7,9,11H,1-6,8,10H2,(H2,14,16)(H,15,18). The molecule has 5 heteroatoms. The van der Waals surface area contributed by atoms with Crippen molar-refractivity contribution in [2.45, 2.75) is 45.1 Å². The molecule has 0 radical (unpaired) electrons. The summed E-state index contributed by atoms with van der Waals surface area (Å²) in [6.45, 7) is 1.03. The van der Waals surface area contributed by atoms with Crippen molar-refractivity contribution in [3.8, 4) is 0 Å². The van der Waals surface area contributed by atoms with Crippen LogP contribution in [0.5, 0.6) is 0 Å². The SMILES string of the molecule is Nc1ccn(CC(=O)NCCC2CCCCC2)n1. The van der Waals surface area contributed by atoms with E-state index in [-0.39, 0.29) is 12.5 Å². The van der Waals surface area contributed by atoms with E-state index in [0.717, 1.165) is 18.9 Å². The molecule has 0 saturated heterocycles. The topological polar surface area (TPSA) is 72.9 Å². The smallest absolute Gasteiger partial charge is 0.241 e. The maximum absolute atomic E-state index is 11.7. The van der Waals surface area contributed by atoms with Gasteiger partial charge in [0.15, 0.2) is 0 Å². The van der Waals surface area contributed by atoms with Crippen LogP contribution in [0.25, 0.3) is 0 Å². The van der Waals surface area contributed by atoms with Gasteiger partial charge < -0.3 is 11.1 Å². The molecule has 1 aliphatic rings. The second kappa shape index (κ2) is 6.42.